The Bertz CT molecular complexity index is 338. The van der Waals surface area contributed by atoms with E-state index in [2.05, 4.69) is 31.2 Å². The molecule has 2 aliphatic rings. The minimum atomic E-state index is 0.877. The van der Waals surface area contributed by atoms with Crippen molar-refractivity contribution >= 4 is 0 Å². The van der Waals surface area contributed by atoms with Gasteiger partial charge in [0.25, 0.3) is 0 Å². The minimum absolute atomic E-state index is 0.877. The number of unbranched alkanes of at least 4 members (excludes halogenated alkanes) is 12. The van der Waals surface area contributed by atoms with Crippen LogP contribution in [0.5, 0.6) is 0 Å². The molecule has 0 aromatic rings. The minimum Gasteiger partial charge on any atom is -0.0882 e. The highest BCUT2D eigenvalue weighted by Gasteiger charge is 2.33. The van der Waals surface area contributed by atoms with Crippen molar-refractivity contribution in [3.63, 3.8) is 0 Å². The molecule has 0 aliphatic heterocycles. The van der Waals surface area contributed by atoms with Gasteiger partial charge in [0.1, 0.15) is 0 Å². The van der Waals surface area contributed by atoms with Crippen molar-refractivity contribution < 1.29 is 0 Å². The lowest BCUT2D eigenvalue weighted by atomic mass is 9.93. The Labute approximate surface area is 145 Å². The SMILES string of the molecule is CCCCCCCCCCCCCCC=CC1CC2C=CC1C2. The zero-order valence-corrected chi connectivity index (χ0v) is 15.6. The van der Waals surface area contributed by atoms with Crippen LogP contribution < -0.4 is 0 Å². The molecule has 0 heteroatoms. The van der Waals surface area contributed by atoms with Gasteiger partial charge in [0.2, 0.25) is 0 Å². The first kappa shape index (κ1) is 18.8. The van der Waals surface area contributed by atoms with E-state index in [1.54, 1.807) is 0 Å². The van der Waals surface area contributed by atoms with Crippen LogP contribution >= 0.6 is 0 Å². The van der Waals surface area contributed by atoms with Crippen molar-refractivity contribution in [1.29, 1.82) is 0 Å². The highest BCUT2D eigenvalue weighted by molar-refractivity contribution is 5.14. The first-order chi connectivity index (χ1) is 11.4. The molecule has 0 heterocycles. The second kappa shape index (κ2) is 11.9. The van der Waals surface area contributed by atoms with Crippen LogP contribution in [-0.4, -0.2) is 0 Å². The first-order valence-electron chi connectivity index (χ1n) is 10.7. The molecule has 3 unspecified atom stereocenters. The lowest BCUT2D eigenvalue weighted by molar-refractivity contribution is 0.540. The van der Waals surface area contributed by atoms with Crippen LogP contribution in [0, 0.1) is 17.8 Å². The van der Waals surface area contributed by atoms with E-state index in [0.29, 0.717) is 0 Å². The predicted octanol–water partition coefficient (Wildman–Crippen LogP) is 7.85. The molecule has 2 rings (SSSR count). The van der Waals surface area contributed by atoms with Gasteiger partial charge in [-0.3, -0.25) is 0 Å². The highest BCUT2D eigenvalue weighted by Crippen LogP contribution is 2.43. The fourth-order valence-electron chi connectivity index (χ4n) is 4.42. The lowest BCUT2D eigenvalue weighted by Gasteiger charge is -2.12. The summed E-state index contributed by atoms with van der Waals surface area (Å²) < 4.78 is 0. The zero-order valence-electron chi connectivity index (χ0n) is 15.6. The summed E-state index contributed by atoms with van der Waals surface area (Å²) in [5, 5.41) is 0. The number of fused-ring (bicyclic) bond motifs is 2. The number of hydrogen-bond acceptors (Lipinski definition) is 0. The Morgan fingerprint density at radius 2 is 1.35 bits per heavy atom. The van der Waals surface area contributed by atoms with Crippen molar-refractivity contribution in [1.82, 2.24) is 0 Å². The third-order valence-electron chi connectivity index (χ3n) is 5.94. The molecule has 2 aliphatic carbocycles. The highest BCUT2D eigenvalue weighted by atomic mass is 14.4. The lowest BCUT2D eigenvalue weighted by Crippen LogP contribution is -2.02. The molecule has 0 aromatic heterocycles. The standard InChI is InChI=1S/C23H40/c1-2-3-4-5-6-7-8-9-10-11-12-13-14-15-16-22-19-21-17-18-23(22)20-21/h15-18,21-23H,2-14,19-20H2,1H3. The van der Waals surface area contributed by atoms with Crippen molar-refractivity contribution in [2.75, 3.05) is 0 Å². The van der Waals surface area contributed by atoms with E-state index in [9.17, 15) is 0 Å². The van der Waals surface area contributed by atoms with Crippen LogP contribution in [0.15, 0.2) is 24.3 Å². The number of hydrogen-bond donors (Lipinski definition) is 0. The molecule has 0 spiro atoms. The van der Waals surface area contributed by atoms with Gasteiger partial charge in [-0.15, -0.1) is 0 Å². The van der Waals surface area contributed by atoms with E-state index in [0.717, 1.165) is 17.8 Å². The number of rotatable bonds is 14. The maximum absolute atomic E-state index is 2.53. The summed E-state index contributed by atoms with van der Waals surface area (Å²) in [6.45, 7) is 2.30. The van der Waals surface area contributed by atoms with Gasteiger partial charge in [-0.2, -0.15) is 0 Å². The maximum Gasteiger partial charge on any atom is -0.0165 e. The summed E-state index contributed by atoms with van der Waals surface area (Å²) in [4.78, 5) is 0. The van der Waals surface area contributed by atoms with Crippen molar-refractivity contribution in [2.24, 2.45) is 17.8 Å². The molecule has 2 bridgehead atoms. The van der Waals surface area contributed by atoms with Gasteiger partial charge >= 0.3 is 0 Å². The molecule has 1 saturated carbocycles. The quantitative estimate of drug-likeness (QED) is 0.226. The van der Waals surface area contributed by atoms with Crippen LogP contribution in [0.3, 0.4) is 0 Å². The summed E-state index contributed by atoms with van der Waals surface area (Å²) in [7, 11) is 0. The second-order valence-electron chi connectivity index (χ2n) is 8.05. The van der Waals surface area contributed by atoms with Crippen LogP contribution in [0.1, 0.15) is 103 Å². The summed E-state index contributed by atoms with van der Waals surface area (Å²) >= 11 is 0. The molecule has 0 radical (unpaired) electrons. The Kier molecular flexibility index (Phi) is 9.76. The van der Waals surface area contributed by atoms with Crippen LogP contribution in [0.25, 0.3) is 0 Å². The van der Waals surface area contributed by atoms with Crippen LogP contribution in [0.4, 0.5) is 0 Å². The van der Waals surface area contributed by atoms with Crippen LogP contribution in [0.2, 0.25) is 0 Å². The van der Waals surface area contributed by atoms with E-state index >= 15 is 0 Å². The summed E-state index contributed by atoms with van der Waals surface area (Å²) in [6.07, 6.45) is 31.5. The van der Waals surface area contributed by atoms with Crippen LogP contribution in [-0.2, 0) is 0 Å². The molecule has 132 valence electrons. The number of allylic oxidation sites excluding steroid dienone is 4. The Morgan fingerprint density at radius 3 is 1.87 bits per heavy atom. The van der Waals surface area contributed by atoms with E-state index in [-0.39, 0.29) is 0 Å². The molecule has 23 heavy (non-hydrogen) atoms. The Hall–Kier alpha value is -0.520. The largest absolute Gasteiger partial charge is 0.0882 e. The van der Waals surface area contributed by atoms with Gasteiger partial charge in [-0.1, -0.05) is 102 Å². The third-order valence-corrected chi connectivity index (χ3v) is 5.94. The topological polar surface area (TPSA) is 0 Å². The summed E-state index contributed by atoms with van der Waals surface area (Å²) in [5.74, 6) is 2.68. The molecule has 0 nitrogen and oxygen atoms in total. The summed E-state index contributed by atoms with van der Waals surface area (Å²) in [5.41, 5.74) is 0. The van der Waals surface area contributed by atoms with E-state index < -0.39 is 0 Å². The van der Waals surface area contributed by atoms with E-state index in [1.807, 2.05) is 0 Å². The van der Waals surface area contributed by atoms with Gasteiger partial charge in [0.15, 0.2) is 0 Å². The monoisotopic (exact) mass is 316 g/mol. The molecule has 0 amide bonds. The smallest absolute Gasteiger partial charge is 0.0165 e. The van der Waals surface area contributed by atoms with Gasteiger partial charge in [0.05, 0.1) is 0 Å². The average Bonchev–Trinajstić information content (AvgIpc) is 3.18. The maximum atomic E-state index is 2.53. The zero-order chi connectivity index (χ0) is 16.2. The van der Waals surface area contributed by atoms with Gasteiger partial charge in [-0.05, 0) is 43.4 Å². The fourth-order valence-corrected chi connectivity index (χ4v) is 4.42. The van der Waals surface area contributed by atoms with Crippen molar-refractivity contribution in [3.05, 3.63) is 24.3 Å². The second-order valence-corrected chi connectivity index (χ2v) is 8.05. The van der Waals surface area contributed by atoms with E-state index in [4.69, 9.17) is 0 Å². The van der Waals surface area contributed by atoms with Gasteiger partial charge in [-0.25, -0.2) is 0 Å². The van der Waals surface area contributed by atoms with Crippen molar-refractivity contribution in [2.45, 2.75) is 103 Å². The normalized spacial score (nSPS) is 25.9. The average molecular weight is 317 g/mol. The van der Waals surface area contributed by atoms with Crippen molar-refractivity contribution in [3.8, 4) is 0 Å². The Morgan fingerprint density at radius 1 is 0.739 bits per heavy atom. The third kappa shape index (κ3) is 7.73. The van der Waals surface area contributed by atoms with Gasteiger partial charge in [0, 0.05) is 0 Å². The molecular formula is C23H40. The molecule has 3 atom stereocenters. The molecule has 1 fully saturated rings. The van der Waals surface area contributed by atoms with E-state index in [1.165, 1.54) is 96.3 Å². The molecule has 0 N–H and O–H groups in total. The molecule has 0 aromatic carbocycles. The summed E-state index contributed by atoms with van der Waals surface area (Å²) in [6, 6.07) is 0. The molecular weight excluding hydrogens is 276 g/mol. The molecule has 0 saturated heterocycles. The fraction of sp³-hybridized carbons (Fsp3) is 0.826. The predicted molar refractivity (Wildman–Crippen MR) is 104 cm³/mol. The first-order valence-corrected chi connectivity index (χ1v) is 10.7. The Balaban J connectivity index is 1.30. The van der Waals surface area contributed by atoms with Gasteiger partial charge < -0.3 is 0 Å².